The molecule has 0 bridgehead atoms. The third-order valence-corrected chi connectivity index (χ3v) is 5.20. The van der Waals surface area contributed by atoms with Gasteiger partial charge in [-0.2, -0.15) is 5.10 Å². The minimum atomic E-state index is 0.00973. The summed E-state index contributed by atoms with van der Waals surface area (Å²) >= 11 is 0. The molecule has 1 aromatic rings. The Morgan fingerprint density at radius 1 is 1.13 bits per heavy atom. The third-order valence-electron chi connectivity index (χ3n) is 5.20. The number of carbonyl (C=O) groups excluding carboxylic acids is 1. The summed E-state index contributed by atoms with van der Waals surface area (Å²) in [6, 6.07) is 3.55. The summed E-state index contributed by atoms with van der Waals surface area (Å²) in [7, 11) is 0. The van der Waals surface area contributed by atoms with Crippen LogP contribution in [0, 0.1) is 5.92 Å². The van der Waals surface area contributed by atoms with Crippen molar-refractivity contribution in [2.45, 2.75) is 38.1 Å². The zero-order valence-electron chi connectivity index (χ0n) is 13.5. The fraction of sp³-hybridized carbons (Fsp3) is 0.706. The summed E-state index contributed by atoms with van der Waals surface area (Å²) in [5, 5.41) is 4.53. The van der Waals surface area contributed by atoms with Crippen molar-refractivity contribution < 1.29 is 4.79 Å². The summed E-state index contributed by atoms with van der Waals surface area (Å²) in [5.74, 6) is 1.39. The Morgan fingerprint density at radius 3 is 2.65 bits per heavy atom. The standard InChI is InChI=1S/C17H24N4O2/c22-16-2-1-7-20(16)9-8-19-10-13(11-19)12-21-17(23)6-5-15(18-21)14-3-4-14/h5-6,13-14H,1-4,7-12H2. The van der Waals surface area contributed by atoms with Gasteiger partial charge < -0.3 is 9.80 Å². The Kier molecular flexibility index (Phi) is 3.93. The number of hydrogen-bond acceptors (Lipinski definition) is 4. The second-order valence-corrected chi connectivity index (χ2v) is 7.16. The van der Waals surface area contributed by atoms with Gasteiger partial charge in [0.1, 0.15) is 0 Å². The Hall–Kier alpha value is -1.69. The summed E-state index contributed by atoms with van der Waals surface area (Å²) in [6.07, 6.45) is 4.14. The molecule has 1 saturated carbocycles. The van der Waals surface area contributed by atoms with Gasteiger partial charge in [-0.05, 0) is 25.3 Å². The molecule has 0 N–H and O–H groups in total. The van der Waals surface area contributed by atoms with Crippen molar-refractivity contribution in [1.82, 2.24) is 19.6 Å². The van der Waals surface area contributed by atoms with Crippen LogP contribution in [0.3, 0.4) is 0 Å². The topological polar surface area (TPSA) is 58.4 Å². The predicted octanol–water partition coefficient (Wildman–Crippen LogP) is 0.675. The van der Waals surface area contributed by atoms with Crippen LogP contribution in [0.5, 0.6) is 0 Å². The SMILES string of the molecule is O=C1CCCN1CCN1CC(Cn2nc(C3CC3)ccc2=O)C1. The van der Waals surface area contributed by atoms with E-state index in [0.29, 0.717) is 24.2 Å². The van der Waals surface area contributed by atoms with Gasteiger partial charge in [-0.25, -0.2) is 4.68 Å². The van der Waals surface area contributed by atoms with Crippen molar-refractivity contribution in [3.8, 4) is 0 Å². The molecule has 6 heteroatoms. The highest BCUT2D eigenvalue weighted by atomic mass is 16.2. The molecule has 2 aliphatic heterocycles. The number of nitrogens with zero attached hydrogens (tertiary/aromatic N) is 4. The van der Waals surface area contributed by atoms with Crippen molar-refractivity contribution in [1.29, 1.82) is 0 Å². The first-order valence-corrected chi connectivity index (χ1v) is 8.77. The minimum Gasteiger partial charge on any atom is -0.341 e. The van der Waals surface area contributed by atoms with E-state index in [2.05, 4.69) is 10.00 Å². The van der Waals surface area contributed by atoms with Crippen molar-refractivity contribution in [3.63, 3.8) is 0 Å². The first kappa shape index (κ1) is 14.9. The van der Waals surface area contributed by atoms with E-state index in [0.717, 1.165) is 51.4 Å². The van der Waals surface area contributed by atoms with Gasteiger partial charge in [0, 0.05) is 57.0 Å². The molecule has 0 atom stereocenters. The van der Waals surface area contributed by atoms with E-state index >= 15 is 0 Å². The van der Waals surface area contributed by atoms with E-state index < -0.39 is 0 Å². The fourth-order valence-electron chi connectivity index (χ4n) is 3.61. The third kappa shape index (κ3) is 3.32. The molecule has 0 spiro atoms. The number of rotatable bonds is 6. The summed E-state index contributed by atoms with van der Waals surface area (Å²) in [5.41, 5.74) is 1.09. The lowest BCUT2D eigenvalue weighted by Crippen LogP contribution is -2.51. The largest absolute Gasteiger partial charge is 0.341 e. The molecule has 1 aliphatic carbocycles. The van der Waals surface area contributed by atoms with E-state index in [9.17, 15) is 9.59 Å². The van der Waals surface area contributed by atoms with Crippen LogP contribution in [-0.2, 0) is 11.3 Å². The van der Waals surface area contributed by atoms with Gasteiger partial charge in [0.25, 0.3) is 5.56 Å². The first-order chi connectivity index (χ1) is 11.2. The molecule has 23 heavy (non-hydrogen) atoms. The molecular formula is C17H24N4O2. The number of carbonyl (C=O) groups is 1. The van der Waals surface area contributed by atoms with E-state index in [1.54, 1.807) is 10.7 Å². The Balaban J connectivity index is 1.25. The molecule has 6 nitrogen and oxygen atoms in total. The van der Waals surface area contributed by atoms with Crippen molar-refractivity contribution in [2.24, 2.45) is 5.92 Å². The molecular weight excluding hydrogens is 292 g/mol. The molecule has 2 saturated heterocycles. The van der Waals surface area contributed by atoms with Crippen molar-refractivity contribution in [3.05, 3.63) is 28.2 Å². The second-order valence-electron chi connectivity index (χ2n) is 7.16. The molecule has 3 heterocycles. The van der Waals surface area contributed by atoms with Crippen LogP contribution in [0.25, 0.3) is 0 Å². The molecule has 124 valence electrons. The molecule has 0 aromatic carbocycles. The lowest BCUT2D eigenvalue weighted by molar-refractivity contribution is -0.128. The summed E-state index contributed by atoms with van der Waals surface area (Å²) in [4.78, 5) is 27.9. The normalized spacial score (nSPS) is 22.6. The number of aromatic nitrogens is 2. The number of amides is 1. The van der Waals surface area contributed by atoms with Gasteiger partial charge in [0.05, 0.1) is 12.2 Å². The molecule has 0 unspecified atom stereocenters. The van der Waals surface area contributed by atoms with Crippen LogP contribution in [-0.4, -0.2) is 58.2 Å². The van der Waals surface area contributed by atoms with Crippen LogP contribution in [0.2, 0.25) is 0 Å². The summed E-state index contributed by atoms with van der Waals surface area (Å²) < 4.78 is 1.65. The molecule has 3 fully saturated rings. The Bertz CT molecular complexity index is 646. The van der Waals surface area contributed by atoms with Gasteiger partial charge in [-0.1, -0.05) is 0 Å². The zero-order chi connectivity index (χ0) is 15.8. The smallest absolute Gasteiger partial charge is 0.266 e. The van der Waals surface area contributed by atoms with Crippen LogP contribution in [0.4, 0.5) is 0 Å². The van der Waals surface area contributed by atoms with Crippen LogP contribution in [0.15, 0.2) is 16.9 Å². The van der Waals surface area contributed by atoms with E-state index in [1.807, 2.05) is 11.0 Å². The highest BCUT2D eigenvalue weighted by Gasteiger charge is 2.30. The molecule has 4 rings (SSSR count). The van der Waals surface area contributed by atoms with Crippen molar-refractivity contribution in [2.75, 3.05) is 32.7 Å². The van der Waals surface area contributed by atoms with Gasteiger partial charge in [0.15, 0.2) is 0 Å². The van der Waals surface area contributed by atoms with Gasteiger partial charge in [-0.15, -0.1) is 0 Å². The monoisotopic (exact) mass is 316 g/mol. The van der Waals surface area contributed by atoms with Crippen LogP contribution in [0.1, 0.15) is 37.3 Å². The first-order valence-electron chi connectivity index (χ1n) is 8.77. The average molecular weight is 316 g/mol. The summed E-state index contributed by atoms with van der Waals surface area (Å²) in [6.45, 7) is 5.45. The number of hydrogen-bond donors (Lipinski definition) is 0. The molecule has 1 amide bonds. The van der Waals surface area contributed by atoms with Crippen molar-refractivity contribution >= 4 is 5.91 Å². The second kappa shape index (κ2) is 6.07. The molecule has 0 radical (unpaired) electrons. The van der Waals surface area contributed by atoms with Gasteiger partial charge in [0.2, 0.25) is 5.91 Å². The van der Waals surface area contributed by atoms with Gasteiger partial charge in [-0.3, -0.25) is 9.59 Å². The lowest BCUT2D eigenvalue weighted by Gasteiger charge is -2.40. The van der Waals surface area contributed by atoms with E-state index in [1.165, 1.54) is 12.8 Å². The van der Waals surface area contributed by atoms with E-state index in [4.69, 9.17) is 0 Å². The maximum absolute atomic E-state index is 11.9. The zero-order valence-corrected chi connectivity index (χ0v) is 13.5. The van der Waals surface area contributed by atoms with E-state index in [-0.39, 0.29) is 5.56 Å². The van der Waals surface area contributed by atoms with Crippen LogP contribution >= 0.6 is 0 Å². The molecule has 3 aliphatic rings. The lowest BCUT2D eigenvalue weighted by atomic mass is 10.0. The Labute approximate surface area is 136 Å². The van der Waals surface area contributed by atoms with Crippen LogP contribution < -0.4 is 5.56 Å². The van der Waals surface area contributed by atoms with Gasteiger partial charge >= 0.3 is 0 Å². The highest BCUT2D eigenvalue weighted by molar-refractivity contribution is 5.78. The maximum atomic E-state index is 11.9. The maximum Gasteiger partial charge on any atom is 0.266 e. The quantitative estimate of drug-likeness (QED) is 0.774. The fourth-order valence-corrected chi connectivity index (χ4v) is 3.61. The highest BCUT2D eigenvalue weighted by Crippen LogP contribution is 2.38. The average Bonchev–Trinajstić information content (AvgIpc) is 3.27. The minimum absolute atomic E-state index is 0.00973. The number of likely N-dealkylation sites (tertiary alicyclic amines) is 2. The predicted molar refractivity (Wildman–Crippen MR) is 86.2 cm³/mol. The molecule has 1 aromatic heterocycles. The Morgan fingerprint density at radius 2 is 1.96 bits per heavy atom.